The standard InChI is InChI=1S/C14H8ClNO2S/c15-8-5-6-11(12(19)7-8)16-13(17)9-3-1-2-4-10(9)14(16)18/h1-7,19H. The van der Waals surface area contributed by atoms with Crippen LogP contribution < -0.4 is 4.90 Å². The molecule has 0 N–H and O–H groups in total. The van der Waals surface area contributed by atoms with Crippen LogP contribution in [0.2, 0.25) is 5.02 Å². The van der Waals surface area contributed by atoms with Crippen molar-refractivity contribution in [3.8, 4) is 0 Å². The fourth-order valence-corrected chi connectivity index (χ4v) is 2.66. The lowest BCUT2D eigenvalue weighted by Gasteiger charge is -2.16. The highest BCUT2D eigenvalue weighted by atomic mass is 35.5. The molecule has 19 heavy (non-hydrogen) atoms. The maximum Gasteiger partial charge on any atom is 0.266 e. The number of rotatable bonds is 1. The van der Waals surface area contributed by atoms with E-state index < -0.39 is 0 Å². The van der Waals surface area contributed by atoms with Gasteiger partial charge in [0.15, 0.2) is 0 Å². The summed E-state index contributed by atoms with van der Waals surface area (Å²) in [6, 6.07) is 11.6. The van der Waals surface area contributed by atoms with E-state index in [1.807, 2.05) is 0 Å². The molecule has 0 radical (unpaired) electrons. The van der Waals surface area contributed by atoms with E-state index >= 15 is 0 Å². The SMILES string of the molecule is O=C1c2ccccc2C(=O)N1c1ccc(Cl)cc1S. The molecule has 0 aromatic heterocycles. The summed E-state index contributed by atoms with van der Waals surface area (Å²) in [5, 5.41) is 0.505. The molecule has 0 saturated carbocycles. The van der Waals surface area contributed by atoms with Crippen molar-refractivity contribution in [3.05, 3.63) is 58.6 Å². The number of halogens is 1. The maximum absolute atomic E-state index is 12.3. The molecule has 0 atom stereocenters. The van der Waals surface area contributed by atoms with E-state index in [4.69, 9.17) is 11.6 Å². The molecule has 3 nitrogen and oxygen atoms in total. The van der Waals surface area contributed by atoms with Gasteiger partial charge in [-0.25, -0.2) is 4.90 Å². The van der Waals surface area contributed by atoms with Crippen LogP contribution in [0.4, 0.5) is 5.69 Å². The van der Waals surface area contributed by atoms with Gasteiger partial charge in [-0.15, -0.1) is 12.6 Å². The van der Waals surface area contributed by atoms with E-state index in [9.17, 15) is 9.59 Å². The Balaban J connectivity index is 2.14. The van der Waals surface area contributed by atoms with Crippen LogP contribution in [-0.2, 0) is 0 Å². The smallest absolute Gasteiger partial charge is 0.266 e. The Morgan fingerprint density at radius 1 is 0.947 bits per heavy atom. The second-order valence-electron chi connectivity index (χ2n) is 4.12. The van der Waals surface area contributed by atoms with E-state index in [1.165, 1.54) is 0 Å². The number of thiol groups is 1. The quantitative estimate of drug-likeness (QED) is 0.645. The number of carbonyl (C=O) groups is 2. The molecule has 0 spiro atoms. The van der Waals surface area contributed by atoms with Gasteiger partial charge < -0.3 is 0 Å². The van der Waals surface area contributed by atoms with Crippen molar-refractivity contribution < 1.29 is 9.59 Å². The van der Waals surface area contributed by atoms with Gasteiger partial charge in [-0.05, 0) is 30.3 Å². The molecule has 94 valence electrons. The molecule has 0 fully saturated rings. The Morgan fingerprint density at radius 2 is 1.53 bits per heavy atom. The predicted molar refractivity (Wildman–Crippen MR) is 76.3 cm³/mol. The van der Waals surface area contributed by atoms with Crippen LogP contribution in [0, 0.1) is 0 Å². The maximum atomic E-state index is 12.3. The van der Waals surface area contributed by atoms with Crippen molar-refractivity contribution in [3.63, 3.8) is 0 Å². The average molecular weight is 290 g/mol. The lowest BCUT2D eigenvalue weighted by molar-refractivity contribution is 0.0925. The van der Waals surface area contributed by atoms with Crippen LogP contribution in [0.15, 0.2) is 47.4 Å². The molecular formula is C14H8ClNO2S. The number of amides is 2. The van der Waals surface area contributed by atoms with Gasteiger partial charge in [-0.1, -0.05) is 23.7 Å². The normalized spacial score (nSPS) is 13.9. The molecule has 3 rings (SSSR count). The Bertz CT molecular complexity index is 679. The second-order valence-corrected chi connectivity index (χ2v) is 5.04. The molecular weight excluding hydrogens is 282 g/mol. The van der Waals surface area contributed by atoms with Crippen LogP contribution in [-0.4, -0.2) is 11.8 Å². The van der Waals surface area contributed by atoms with Crippen LogP contribution in [0.5, 0.6) is 0 Å². The summed E-state index contributed by atoms with van der Waals surface area (Å²) in [7, 11) is 0. The summed E-state index contributed by atoms with van der Waals surface area (Å²) in [6.07, 6.45) is 0. The van der Waals surface area contributed by atoms with Crippen LogP contribution in [0.1, 0.15) is 20.7 Å². The number of hydrogen-bond donors (Lipinski definition) is 1. The molecule has 2 aromatic rings. The predicted octanol–water partition coefficient (Wildman–Crippen LogP) is 3.43. The van der Waals surface area contributed by atoms with Crippen molar-refractivity contribution in [2.45, 2.75) is 4.90 Å². The van der Waals surface area contributed by atoms with Crippen LogP contribution in [0.25, 0.3) is 0 Å². The van der Waals surface area contributed by atoms with Gasteiger partial charge in [-0.3, -0.25) is 9.59 Å². The fourth-order valence-electron chi connectivity index (χ4n) is 2.09. The Morgan fingerprint density at radius 3 is 2.05 bits per heavy atom. The number of hydrogen-bond acceptors (Lipinski definition) is 3. The van der Waals surface area contributed by atoms with Crippen molar-refractivity contribution in [2.24, 2.45) is 0 Å². The summed E-state index contributed by atoms with van der Waals surface area (Å²) in [6.45, 7) is 0. The van der Waals surface area contributed by atoms with Gasteiger partial charge in [0.05, 0.1) is 16.8 Å². The summed E-state index contributed by atoms with van der Waals surface area (Å²) >= 11 is 10.1. The minimum absolute atomic E-state index is 0.335. The molecule has 0 bridgehead atoms. The highest BCUT2D eigenvalue weighted by molar-refractivity contribution is 7.80. The van der Waals surface area contributed by atoms with Crippen molar-refractivity contribution >= 4 is 41.7 Å². The first-order chi connectivity index (χ1) is 9.09. The first-order valence-corrected chi connectivity index (χ1v) is 6.38. The second kappa shape index (κ2) is 4.40. The molecule has 0 saturated heterocycles. The zero-order chi connectivity index (χ0) is 13.6. The lowest BCUT2D eigenvalue weighted by Crippen LogP contribution is -2.29. The number of nitrogens with zero attached hydrogens (tertiary/aromatic N) is 1. The van der Waals surface area contributed by atoms with Gasteiger partial charge in [-0.2, -0.15) is 0 Å². The molecule has 5 heteroatoms. The highest BCUT2D eigenvalue weighted by Crippen LogP contribution is 2.33. The van der Waals surface area contributed by atoms with E-state index in [-0.39, 0.29) is 11.8 Å². The Hall–Kier alpha value is -1.78. The fraction of sp³-hybridized carbons (Fsp3) is 0. The van der Waals surface area contributed by atoms with E-state index in [0.717, 1.165) is 4.90 Å². The average Bonchev–Trinajstić information content (AvgIpc) is 2.64. The third-order valence-electron chi connectivity index (χ3n) is 2.97. The van der Waals surface area contributed by atoms with Gasteiger partial charge in [0, 0.05) is 9.92 Å². The van der Waals surface area contributed by atoms with Crippen LogP contribution in [0.3, 0.4) is 0 Å². The monoisotopic (exact) mass is 289 g/mol. The molecule has 2 amide bonds. The zero-order valence-corrected chi connectivity index (χ0v) is 11.3. The number of benzene rings is 2. The van der Waals surface area contributed by atoms with E-state index in [2.05, 4.69) is 12.6 Å². The van der Waals surface area contributed by atoms with Gasteiger partial charge in [0.2, 0.25) is 0 Å². The van der Waals surface area contributed by atoms with Crippen molar-refractivity contribution in [2.75, 3.05) is 4.90 Å². The van der Waals surface area contributed by atoms with E-state index in [1.54, 1.807) is 42.5 Å². The largest absolute Gasteiger partial charge is 0.268 e. The Kier molecular flexibility index (Phi) is 2.84. The molecule has 2 aromatic carbocycles. The summed E-state index contributed by atoms with van der Waals surface area (Å²) < 4.78 is 0. The lowest BCUT2D eigenvalue weighted by atomic mass is 10.1. The number of carbonyl (C=O) groups excluding carboxylic acids is 2. The first-order valence-electron chi connectivity index (χ1n) is 5.56. The molecule has 1 aliphatic heterocycles. The first kappa shape index (κ1) is 12.3. The summed E-state index contributed by atoms with van der Waals surface area (Å²) in [4.78, 5) is 26.2. The van der Waals surface area contributed by atoms with Crippen molar-refractivity contribution in [1.82, 2.24) is 0 Å². The third kappa shape index (κ3) is 1.84. The minimum Gasteiger partial charge on any atom is -0.268 e. The molecule has 1 aliphatic rings. The number of anilines is 1. The number of fused-ring (bicyclic) bond motifs is 1. The van der Waals surface area contributed by atoms with Gasteiger partial charge in [0.25, 0.3) is 11.8 Å². The summed E-state index contributed by atoms with van der Waals surface area (Å²) in [5.74, 6) is -0.670. The molecule has 0 unspecified atom stereocenters. The molecule has 1 heterocycles. The molecule has 0 aliphatic carbocycles. The van der Waals surface area contributed by atoms with Crippen molar-refractivity contribution in [1.29, 1.82) is 0 Å². The minimum atomic E-state index is -0.335. The zero-order valence-electron chi connectivity index (χ0n) is 9.63. The van der Waals surface area contributed by atoms with Gasteiger partial charge in [0.1, 0.15) is 0 Å². The third-order valence-corrected chi connectivity index (χ3v) is 3.57. The highest BCUT2D eigenvalue weighted by Gasteiger charge is 2.36. The summed E-state index contributed by atoms with van der Waals surface area (Å²) in [5.41, 5.74) is 1.27. The Labute approximate surface area is 120 Å². The van der Waals surface area contributed by atoms with E-state index in [0.29, 0.717) is 26.7 Å². The van der Waals surface area contributed by atoms with Crippen LogP contribution >= 0.6 is 24.2 Å². The number of imide groups is 1. The topological polar surface area (TPSA) is 37.4 Å². The van der Waals surface area contributed by atoms with Gasteiger partial charge >= 0.3 is 0 Å².